The molecule has 4 heteroatoms. The van der Waals surface area contributed by atoms with E-state index in [1.54, 1.807) is 0 Å². The van der Waals surface area contributed by atoms with Gasteiger partial charge in [-0.2, -0.15) is 5.26 Å². The summed E-state index contributed by atoms with van der Waals surface area (Å²) in [5, 5.41) is 8.24. The molecule has 0 rings (SSSR count). The van der Waals surface area contributed by atoms with Crippen molar-refractivity contribution in [2.24, 2.45) is 5.92 Å². The maximum absolute atomic E-state index is 11.3. The minimum Gasteiger partial charge on any atom is -0.229 e. The smallest absolute Gasteiger partial charge is 0.150 e. The first kappa shape index (κ1) is 12.4. The summed E-state index contributed by atoms with van der Waals surface area (Å²) in [6.07, 6.45) is 1.52. The van der Waals surface area contributed by atoms with Crippen LogP contribution >= 0.6 is 0 Å². The minimum absolute atomic E-state index is 0.160. The molecule has 3 nitrogen and oxygen atoms in total. The van der Waals surface area contributed by atoms with Gasteiger partial charge in [0.05, 0.1) is 17.6 Å². The second kappa shape index (κ2) is 5.98. The van der Waals surface area contributed by atoms with E-state index >= 15 is 0 Å². The van der Waals surface area contributed by atoms with Crippen molar-refractivity contribution in [3.63, 3.8) is 0 Å². The molecule has 0 aromatic heterocycles. The van der Waals surface area contributed by atoms with Crippen molar-refractivity contribution >= 4 is 9.84 Å². The lowest BCUT2D eigenvalue weighted by Gasteiger charge is -2.04. The van der Waals surface area contributed by atoms with Crippen LogP contribution in [0.4, 0.5) is 0 Å². The molecule has 0 unspecified atom stereocenters. The molecule has 0 fully saturated rings. The molecule has 0 atom stereocenters. The summed E-state index contributed by atoms with van der Waals surface area (Å²) >= 11 is 0. The number of hydrogen-bond acceptors (Lipinski definition) is 3. The van der Waals surface area contributed by atoms with E-state index in [9.17, 15) is 8.42 Å². The van der Waals surface area contributed by atoms with Crippen molar-refractivity contribution < 1.29 is 8.42 Å². The molecule has 0 aromatic carbocycles. The number of nitrogens with zero attached hydrogens (tertiary/aromatic N) is 1. The number of hydrogen-bond donors (Lipinski definition) is 0. The Labute approximate surface area is 80.7 Å². The second-order valence-electron chi connectivity index (χ2n) is 3.60. The van der Waals surface area contributed by atoms with Crippen molar-refractivity contribution in [1.29, 1.82) is 5.26 Å². The molecule has 76 valence electrons. The first-order chi connectivity index (χ1) is 5.98. The largest absolute Gasteiger partial charge is 0.229 e. The normalized spacial score (nSPS) is 11.5. The second-order valence-corrected chi connectivity index (χ2v) is 5.90. The van der Waals surface area contributed by atoms with Crippen LogP contribution in [0.2, 0.25) is 0 Å². The molecule has 0 N–H and O–H groups in total. The summed E-state index contributed by atoms with van der Waals surface area (Å²) < 4.78 is 22.6. The summed E-state index contributed by atoms with van der Waals surface area (Å²) in [6, 6.07) is 1.94. The average Bonchev–Trinajstić information content (AvgIpc) is 2.02. The van der Waals surface area contributed by atoms with Gasteiger partial charge in [-0.15, -0.1) is 0 Å². The molecule has 13 heavy (non-hydrogen) atoms. The lowest BCUT2D eigenvalue weighted by atomic mass is 10.2. The molecule has 0 aliphatic rings. The van der Waals surface area contributed by atoms with Gasteiger partial charge in [-0.3, -0.25) is 0 Å². The van der Waals surface area contributed by atoms with Gasteiger partial charge in [-0.25, -0.2) is 8.42 Å². The van der Waals surface area contributed by atoms with E-state index in [0.717, 1.165) is 6.42 Å². The Kier molecular flexibility index (Phi) is 5.72. The van der Waals surface area contributed by atoms with Crippen molar-refractivity contribution in [2.45, 2.75) is 33.1 Å². The Bertz CT molecular complexity index is 262. The number of sulfone groups is 1. The zero-order chi connectivity index (χ0) is 10.3. The molecule has 0 aliphatic heterocycles. The molecule has 0 radical (unpaired) electrons. The van der Waals surface area contributed by atoms with E-state index in [2.05, 4.69) is 0 Å². The lowest BCUT2D eigenvalue weighted by molar-refractivity contribution is 0.572. The number of rotatable bonds is 6. The third-order valence-corrected chi connectivity index (χ3v) is 3.52. The van der Waals surface area contributed by atoms with Crippen LogP contribution < -0.4 is 0 Å². The van der Waals surface area contributed by atoms with Crippen LogP contribution in [-0.2, 0) is 9.84 Å². The molecule has 0 spiro atoms. The predicted molar refractivity (Wildman–Crippen MR) is 53.0 cm³/mol. The van der Waals surface area contributed by atoms with Crippen molar-refractivity contribution in [3.05, 3.63) is 0 Å². The molecule has 0 saturated carbocycles. The van der Waals surface area contributed by atoms with Gasteiger partial charge in [0.25, 0.3) is 0 Å². The van der Waals surface area contributed by atoms with Crippen LogP contribution in [0.25, 0.3) is 0 Å². The summed E-state index contributed by atoms with van der Waals surface area (Å²) in [4.78, 5) is 0. The molecule has 0 aromatic rings. The topological polar surface area (TPSA) is 57.9 Å². The van der Waals surface area contributed by atoms with Crippen molar-refractivity contribution in [1.82, 2.24) is 0 Å². The van der Waals surface area contributed by atoms with Crippen LogP contribution in [0.3, 0.4) is 0 Å². The Morgan fingerprint density at radius 2 is 1.92 bits per heavy atom. The van der Waals surface area contributed by atoms with E-state index in [4.69, 9.17) is 5.26 Å². The van der Waals surface area contributed by atoms with Crippen molar-refractivity contribution in [2.75, 3.05) is 11.5 Å². The molecule has 0 heterocycles. The predicted octanol–water partition coefficient (Wildman–Crippen LogP) is 1.75. The molecular formula is C9H17NO2S. The maximum Gasteiger partial charge on any atom is 0.150 e. The molecule has 0 aliphatic carbocycles. The first-order valence-corrected chi connectivity index (χ1v) is 6.37. The fourth-order valence-corrected chi connectivity index (χ4v) is 2.51. The van der Waals surface area contributed by atoms with Gasteiger partial charge in [-0.1, -0.05) is 13.8 Å². The zero-order valence-electron chi connectivity index (χ0n) is 8.28. The maximum atomic E-state index is 11.3. The van der Waals surface area contributed by atoms with Crippen molar-refractivity contribution in [3.8, 4) is 6.07 Å². The third-order valence-electron chi connectivity index (χ3n) is 1.75. The zero-order valence-corrected chi connectivity index (χ0v) is 9.10. The lowest BCUT2D eigenvalue weighted by Crippen LogP contribution is -2.12. The molecule has 0 saturated heterocycles. The molecule has 0 bridgehead atoms. The quantitative estimate of drug-likeness (QED) is 0.618. The highest BCUT2D eigenvalue weighted by atomic mass is 32.2. The number of nitriles is 1. The van der Waals surface area contributed by atoms with Gasteiger partial charge in [0.2, 0.25) is 0 Å². The summed E-state index contributed by atoms with van der Waals surface area (Å²) in [5.74, 6) is 0.842. The van der Waals surface area contributed by atoms with Gasteiger partial charge < -0.3 is 0 Å². The van der Waals surface area contributed by atoms with Gasteiger partial charge in [0, 0.05) is 6.42 Å². The van der Waals surface area contributed by atoms with Crippen LogP contribution in [0.1, 0.15) is 33.1 Å². The highest BCUT2D eigenvalue weighted by Crippen LogP contribution is 2.05. The number of unbranched alkanes of at least 4 members (excludes halogenated alkanes) is 1. The Morgan fingerprint density at radius 3 is 2.38 bits per heavy atom. The van der Waals surface area contributed by atoms with E-state index in [1.807, 2.05) is 19.9 Å². The average molecular weight is 203 g/mol. The van der Waals surface area contributed by atoms with Gasteiger partial charge in [0.1, 0.15) is 9.84 Å². The van der Waals surface area contributed by atoms with Gasteiger partial charge in [-0.05, 0) is 18.8 Å². The Balaban J connectivity index is 3.76. The van der Waals surface area contributed by atoms with E-state index < -0.39 is 9.84 Å². The van der Waals surface area contributed by atoms with Crippen LogP contribution in [0.15, 0.2) is 0 Å². The Morgan fingerprint density at radius 1 is 1.31 bits per heavy atom. The summed E-state index contributed by atoms with van der Waals surface area (Å²) in [5.41, 5.74) is 0. The van der Waals surface area contributed by atoms with Crippen LogP contribution in [0.5, 0.6) is 0 Å². The van der Waals surface area contributed by atoms with Gasteiger partial charge in [0.15, 0.2) is 0 Å². The highest BCUT2D eigenvalue weighted by molar-refractivity contribution is 7.91. The molecular weight excluding hydrogens is 186 g/mol. The monoisotopic (exact) mass is 203 g/mol. The fourth-order valence-electron chi connectivity index (χ4n) is 0.888. The van der Waals surface area contributed by atoms with Gasteiger partial charge >= 0.3 is 0 Å². The summed E-state index contributed by atoms with van der Waals surface area (Å²) in [6.45, 7) is 4.01. The standard InChI is InChI=1S/C9H17NO2S/c1-9(2)5-8-13(11,12)7-4-3-6-10/h9H,3-5,7-8H2,1-2H3. The summed E-state index contributed by atoms with van der Waals surface area (Å²) in [7, 11) is -2.90. The SMILES string of the molecule is CC(C)CCS(=O)(=O)CCCC#N. The van der Waals surface area contributed by atoms with E-state index in [0.29, 0.717) is 18.8 Å². The van der Waals surface area contributed by atoms with E-state index in [-0.39, 0.29) is 11.5 Å². The highest BCUT2D eigenvalue weighted by Gasteiger charge is 2.10. The minimum atomic E-state index is -2.90. The fraction of sp³-hybridized carbons (Fsp3) is 0.889. The molecule has 0 amide bonds. The van der Waals surface area contributed by atoms with Crippen LogP contribution in [0, 0.1) is 17.2 Å². The van der Waals surface area contributed by atoms with E-state index in [1.165, 1.54) is 0 Å². The third kappa shape index (κ3) is 7.79. The first-order valence-electron chi connectivity index (χ1n) is 4.55. The van der Waals surface area contributed by atoms with Crippen LogP contribution in [-0.4, -0.2) is 19.9 Å². The Hall–Kier alpha value is -0.560.